The minimum Gasteiger partial charge on any atom is -0.394 e. The van der Waals surface area contributed by atoms with E-state index >= 15 is 0 Å². The molecule has 0 aliphatic heterocycles. The number of aromatic nitrogens is 1. The molecule has 0 aliphatic rings. The van der Waals surface area contributed by atoms with Crippen molar-refractivity contribution in [1.82, 2.24) is 10.3 Å². The van der Waals surface area contributed by atoms with Gasteiger partial charge in [0, 0.05) is 19.0 Å². The monoisotopic (exact) mass is 245 g/mol. The molecule has 4 N–H and O–H groups in total. The predicted octanol–water partition coefficient (Wildman–Crippen LogP) is -0.661. The van der Waals surface area contributed by atoms with Gasteiger partial charge in [0.2, 0.25) is 0 Å². The molecule has 1 amide bonds. The lowest BCUT2D eigenvalue weighted by molar-refractivity contribution is 0.0835. The summed E-state index contributed by atoms with van der Waals surface area (Å²) in [5.41, 5.74) is 5.71. The number of nitrogens with one attached hydrogen (secondary N) is 1. The Labute approximate surface area is 97.4 Å². The van der Waals surface area contributed by atoms with E-state index in [9.17, 15) is 4.79 Å². The molecule has 1 aromatic rings. The van der Waals surface area contributed by atoms with E-state index in [1.807, 2.05) is 0 Å². The number of aliphatic hydroxyl groups excluding tert-OH is 1. The van der Waals surface area contributed by atoms with Crippen molar-refractivity contribution in [3.05, 3.63) is 16.1 Å². The maximum absolute atomic E-state index is 11.6. The Balaban J connectivity index is 2.56. The normalized spacial score (nSPS) is 12.4. The van der Waals surface area contributed by atoms with Crippen molar-refractivity contribution in [2.75, 3.05) is 20.3 Å². The fourth-order valence-electron chi connectivity index (χ4n) is 1.11. The fraction of sp³-hybridized carbons (Fsp3) is 0.556. The van der Waals surface area contributed by atoms with Crippen molar-refractivity contribution >= 4 is 17.2 Å². The summed E-state index contributed by atoms with van der Waals surface area (Å²) in [5.74, 6) is -0.327. The molecule has 7 heteroatoms. The van der Waals surface area contributed by atoms with Crippen molar-refractivity contribution in [2.45, 2.75) is 12.6 Å². The van der Waals surface area contributed by atoms with Gasteiger partial charge in [0.25, 0.3) is 5.91 Å². The van der Waals surface area contributed by atoms with E-state index in [2.05, 4.69) is 10.3 Å². The van der Waals surface area contributed by atoms with Gasteiger partial charge in [0.05, 0.1) is 19.3 Å². The van der Waals surface area contributed by atoms with Gasteiger partial charge in [0.1, 0.15) is 10.7 Å². The van der Waals surface area contributed by atoms with Crippen molar-refractivity contribution in [3.8, 4) is 0 Å². The number of hydrogen-bond acceptors (Lipinski definition) is 6. The number of nitrogens with zero attached hydrogens (tertiary/aromatic N) is 1. The highest BCUT2D eigenvalue weighted by Crippen LogP contribution is 2.08. The van der Waals surface area contributed by atoms with E-state index in [0.717, 1.165) is 0 Å². The summed E-state index contributed by atoms with van der Waals surface area (Å²) < 4.78 is 4.85. The van der Waals surface area contributed by atoms with Crippen LogP contribution in [-0.4, -0.2) is 42.4 Å². The van der Waals surface area contributed by atoms with Crippen LogP contribution in [0.25, 0.3) is 0 Å². The molecule has 16 heavy (non-hydrogen) atoms. The number of hydrogen-bond donors (Lipinski definition) is 3. The maximum atomic E-state index is 11.6. The van der Waals surface area contributed by atoms with Gasteiger partial charge in [-0.2, -0.15) is 0 Å². The number of thiazole rings is 1. The molecule has 0 spiro atoms. The SMILES string of the molecule is COCC(CO)NC(=O)c1csc(CN)n1. The highest BCUT2D eigenvalue weighted by atomic mass is 32.1. The maximum Gasteiger partial charge on any atom is 0.271 e. The average molecular weight is 245 g/mol. The summed E-state index contributed by atoms with van der Waals surface area (Å²) in [7, 11) is 1.50. The Morgan fingerprint density at radius 3 is 3.06 bits per heavy atom. The Morgan fingerprint density at radius 1 is 1.81 bits per heavy atom. The molecule has 1 rings (SSSR count). The summed E-state index contributed by atoms with van der Waals surface area (Å²) >= 11 is 1.34. The van der Waals surface area contributed by atoms with Crippen molar-refractivity contribution in [1.29, 1.82) is 0 Å². The smallest absolute Gasteiger partial charge is 0.271 e. The molecule has 0 fully saturated rings. The van der Waals surface area contributed by atoms with Crippen LogP contribution in [0, 0.1) is 0 Å². The second-order valence-electron chi connectivity index (χ2n) is 3.14. The molecule has 0 saturated heterocycles. The summed E-state index contributed by atoms with van der Waals surface area (Å²) in [6.07, 6.45) is 0. The van der Waals surface area contributed by atoms with Gasteiger partial charge < -0.3 is 20.9 Å². The number of ether oxygens (including phenoxy) is 1. The minimum atomic E-state index is -0.416. The van der Waals surface area contributed by atoms with Gasteiger partial charge in [-0.15, -0.1) is 11.3 Å². The predicted molar refractivity (Wildman–Crippen MR) is 60.2 cm³/mol. The zero-order chi connectivity index (χ0) is 12.0. The third kappa shape index (κ3) is 3.53. The number of amides is 1. The van der Waals surface area contributed by atoms with Gasteiger partial charge in [0.15, 0.2) is 0 Å². The zero-order valence-electron chi connectivity index (χ0n) is 8.97. The van der Waals surface area contributed by atoms with Crippen LogP contribution in [0.2, 0.25) is 0 Å². The highest BCUT2D eigenvalue weighted by Gasteiger charge is 2.15. The van der Waals surface area contributed by atoms with E-state index < -0.39 is 6.04 Å². The molecule has 0 bridgehead atoms. The molecule has 6 nitrogen and oxygen atoms in total. The lowest BCUT2D eigenvalue weighted by Gasteiger charge is -2.13. The lowest BCUT2D eigenvalue weighted by Crippen LogP contribution is -2.40. The Bertz CT molecular complexity index is 342. The molecule has 0 radical (unpaired) electrons. The summed E-state index contributed by atoms with van der Waals surface area (Å²) in [4.78, 5) is 15.7. The minimum absolute atomic E-state index is 0.173. The number of methoxy groups -OCH3 is 1. The molecule has 0 aromatic carbocycles. The molecule has 0 aliphatic carbocycles. The molecule has 0 saturated carbocycles. The Morgan fingerprint density at radius 2 is 2.56 bits per heavy atom. The molecule has 90 valence electrons. The topological polar surface area (TPSA) is 97.5 Å². The van der Waals surface area contributed by atoms with Gasteiger partial charge in [-0.25, -0.2) is 4.98 Å². The van der Waals surface area contributed by atoms with Gasteiger partial charge >= 0.3 is 0 Å². The third-order valence-corrected chi connectivity index (χ3v) is 2.75. The third-order valence-electron chi connectivity index (χ3n) is 1.88. The van der Waals surface area contributed by atoms with E-state index in [1.54, 1.807) is 5.38 Å². The number of carbonyl (C=O) groups excluding carboxylic acids is 1. The van der Waals surface area contributed by atoms with Crippen LogP contribution in [0.5, 0.6) is 0 Å². The van der Waals surface area contributed by atoms with E-state index in [1.165, 1.54) is 18.4 Å². The van der Waals surface area contributed by atoms with Crippen molar-refractivity contribution in [3.63, 3.8) is 0 Å². The van der Waals surface area contributed by atoms with E-state index in [4.69, 9.17) is 15.6 Å². The van der Waals surface area contributed by atoms with Gasteiger partial charge in [-0.05, 0) is 0 Å². The first-order valence-electron chi connectivity index (χ1n) is 4.76. The second kappa shape index (κ2) is 6.54. The first-order valence-corrected chi connectivity index (χ1v) is 5.64. The molecule has 1 aromatic heterocycles. The van der Waals surface area contributed by atoms with Gasteiger partial charge in [-0.3, -0.25) is 4.79 Å². The van der Waals surface area contributed by atoms with Crippen LogP contribution in [-0.2, 0) is 11.3 Å². The van der Waals surface area contributed by atoms with Crippen LogP contribution < -0.4 is 11.1 Å². The summed E-state index contributed by atoms with van der Waals surface area (Å²) in [6.45, 7) is 0.406. The van der Waals surface area contributed by atoms with Crippen molar-refractivity contribution in [2.24, 2.45) is 5.73 Å². The van der Waals surface area contributed by atoms with Gasteiger partial charge in [-0.1, -0.05) is 0 Å². The van der Waals surface area contributed by atoms with Crippen LogP contribution in [0.15, 0.2) is 5.38 Å². The van der Waals surface area contributed by atoms with Crippen LogP contribution >= 0.6 is 11.3 Å². The van der Waals surface area contributed by atoms with E-state index in [-0.39, 0.29) is 19.1 Å². The summed E-state index contributed by atoms with van der Waals surface area (Å²) in [6, 6.07) is -0.416. The first-order chi connectivity index (χ1) is 7.71. The Kier molecular flexibility index (Phi) is 5.33. The zero-order valence-corrected chi connectivity index (χ0v) is 9.79. The molecule has 1 unspecified atom stereocenters. The van der Waals surface area contributed by atoms with Crippen LogP contribution in [0.1, 0.15) is 15.5 Å². The number of nitrogens with two attached hydrogens (primary N) is 1. The second-order valence-corrected chi connectivity index (χ2v) is 4.08. The number of rotatable bonds is 6. The molecule has 1 heterocycles. The van der Waals surface area contributed by atoms with Crippen LogP contribution in [0.4, 0.5) is 0 Å². The highest BCUT2D eigenvalue weighted by molar-refractivity contribution is 7.09. The number of aliphatic hydroxyl groups is 1. The standard InChI is InChI=1S/C9H15N3O3S/c1-15-4-6(3-13)11-9(14)7-5-16-8(2-10)12-7/h5-6,13H,2-4,10H2,1H3,(H,11,14). The van der Waals surface area contributed by atoms with Crippen molar-refractivity contribution < 1.29 is 14.6 Å². The Hall–Kier alpha value is -1.02. The summed E-state index contributed by atoms with van der Waals surface area (Å²) in [5, 5.41) is 13.9. The van der Waals surface area contributed by atoms with E-state index in [0.29, 0.717) is 17.2 Å². The fourth-order valence-corrected chi connectivity index (χ4v) is 1.76. The lowest BCUT2D eigenvalue weighted by atomic mass is 10.3. The molecule has 1 atom stereocenters. The largest absolute Gasteiger partial charge is 0.394 e. The quantitative estimate of drug-likeness (QED) is 0.618. The average Bonchev–Trinajstić information content (AvgIpc) is 2.76. The number of carbonyl (C=O) groups is 1. The molecular weight excluding hydrogens is 230 g/mol. The van der Waals surface area contributed by atoms with Crippen LogP contribution in [0.3, 0.4) is 0 Å². The molecular formula is C9H15N3O3S. The first kappa shape index (κ1) is 13.0.